The van der Waals surface area contributed by atoms with Crippen LogP contribution < -0.4 is 4.87 Å². The third-order valence-electron chi connectivity index (χ3n) is 3.16. The highest BCUT2D eigenvalue weighted by Crippen LogP contribution is 2.35. The van der Waals surface area contributed by atoms with E-state index in [0.29, 0.717) is 15.2 Å². The number of halogens is 1. The molecule has 1 N–H and O–H groups in total. The number of aromatic nitrogens is 1. The molecule has 6 heteroatoms. The normalized spacial score (nSPS) is 10.9. The van der Waals surface area contributed by atoms with Crippen LogP contribution in [0.3, 0.4) is 0 Å². The minimum atomic E-state index is -1.06. The maximum Gasteiger partial charge on any atom is 0.323 e. The lowest BCUT2D eigenvalue weighted by molar-refractivity contribution is -0.137. The van der Waals surface area contributed by atoms with Gasteiger partial charge < -0.3 is 5.11 Å². The van der Waals surface area contributed by atoms with E-state index in [1.807, 2.05) is 36.4 Å². The summed E-state index contributed by atoms with van der Waals surface area (Å²) in [4.78, 5) is 22.5. The topological polar surface area (TPSA) is 59.3 Å². The molecule has 3 rings (SSSR count). The van der Waals surface area contributed by atoms with Crippen molar-refractivity contribution >= 4 is 39.1 Å². The maximum atomic E-state index is 11.9. The first-order valence-corrected chi connectivity index (χ1v) is 7.36. The lowest BCUT2D eigenvalue weighted by Crippen LogP contribution is -2.18. The summed E-state index contributed by atoms with van der Waals surface area (Å²) >= 11 is 7.38. The second kappa shape index (κ2) is 5.35. The van der Waals surface area contributed by atoms with E-state index in [9.17, 15) is 9.59 Å². The Labute approximate surface area is 128 Å². The molecular formula is C15H10ClNO3S. The molecular weight excluding hydrogens is 310 g/mol. The van der Waals surface area contributed by atoms with Gasteiger partial charge in [-0.3, -0.25) is 14.2 Å². The van der Waals surface area contributed by atoms with Crippen LogP contribution in [0.25, 0.3) is 21.3 Å². The number of hydrogen-bond acceptors (Lipinski definition) is 3. The Balaban J connectivity index is 2.24. The van der Waals surface area contributed by atoms with Gasteiger partial charge in [0.25, 0.3) is 0 Å². The molecule has 0 bridgehead atoms. The number of hydrogen-bond donors (Lipinski definition) is 1. The van der Waals surface area contributed by atoms with Gasteiger partial charge in [-0.15, -0.1) is 0 Å². The summed E-state index contributed by atoms with van der Waals surface area (Å²) < 4.78 is 1.84. The molecule has 0 saturated carbocycles. The van der Waals surface area contributed by atoms with Crippen molar-refractivity contribution in [2.24, 2.45) is 0 Å². The zero-order chi connectivity index (χ0) is 15.0. The number of carboxylic acid groups (broad SMARTS) is 1. The average Bonchev–Trinajstić information content (AvgIpc) is 2.77. The fourth-order valence-electron chi connectivity index (χ4n) is 2.22. The quantitative estimate of drug-likeness (QED) is 0.804. The van der Waals surface area contributed by atoms with Crippen LogP contribution in [0.1, 0.15) is 0 Å². The lowest BCUT2D eigenvalue weighted by atomic mass is 10.1. The minimum Gasteiger partial charge on any atom is -0.480 e. The van der Waals surface area contributed by atoms with E-state index in [0.717, 1.165) is 22.5 Å². The molecule has 0 radical (unpaired) electrons. The van der Waals surface area contributed by atoms with Gasteiger partial charge in [-0.2, -0.15) is 0 Å². The number of carbonyl (C=O) groups is 1. The number of fused-ring (bicyclic) bond motifs is 1. The standard InChI is InChI=1S/C15H10ClNO3S/c16-13-10(9-4-2-1-3-5-9)6-7-11-14(13)21-15(20)17(11)8-12(18)19/h1-7H,8H2,(H,18,19). The summed E-state index contributed by atoms with van der Waals surface area (Å²) in [6.45, 7) is -0.361. The van der Waals surface area contributed by atoms with Gasteiger partial charge in [0.05, 0.1) is 15.2 Å². The Bertz CT molecular complexity index is 883. The molecule has 0 aliphatic heterocycles. The van der Waals surface area contributed by atoms with E-state index in [-0.39, 0.29) is 11.4 Å². The molecule has 0 amide bonds. The smallest absolute Gasteiger partial charge is 0.323 e. The summed E-state index contributed by atoms with van der Waals surface area (Å²) in [5, 5.41) is 9.36. The molecule has 3 aromatic rings. The Morgan fingerprint density at radius 1 is 1.19 bits per heavy atom. The second-order valence-electron chi connectivity index (χ2n) is 4.49. The van der Waals surface area contributed by atoms with Crippen LogP contribution in [-0.4, -0.2) is 15.6 Å². The van der Waals surface area contributed by atoms with E-state index in [2.05, 4.69) is 0 Å². The van der Waals surface area contributed by atoms with Crippen molar-refractivity contribution in [2.45, 2.75) is 6.54 Å². The molecule has 0 aliphatic carbocycles. The van der Waals surface area contributed by atoms with Gasteiger partial charge in [0, 0.05) is 5.56 Å². The van der Waals surface area contributed by atoms with E-state index in [1.54, 1.807) is 6.07 Å². The van der Waals surface area contributed by atoms with Crippen molar-refractivity contribution in [3.8, 4) is 11.1 Å². The zero-order valence-corrected chi connectivity index (χ0v) is 12.3. The van der Waals surface area contributed by atoms with Crippen LogP contribution in [-0.2, 0) is 11.3 Å². The number of thiazole rings is 1. The Kier molecular flexibility index (Phi) is 3.53. The van der Waals surface area contributed by atoms with E-state index < -0.39 is 5.97 Å². The summed E-state index contributed by atoms with van der Waals surface area (Å²) in [5.74, 6) is -1.06. The molecule has 1 aromatic heterocycles. The van der Waals surface area contributed by atoms with Crippen molar-refractivity contribution < 1.29 is 9.90 Å². The molecule has 0 aliphatic rings. The van der Waals surface area contributed by atoms with Crippen LogP contribution in [0.15, 0.2) is 47.3 Å². The first-order valence-electron chi connectivity index (χ1n) is 6.17. The predicted octanol–water partition coefficient (Wildman–Crippen LogP) is 3.47. The van der Waals surface area contributed by atoms with Crippen molar-refractivity contribution in [3.63, 3.8) is 0 Å². The van der Waals surface area contributed by atoms with Gasteiger partial charge in [-0.25, -0.2) is 0 Å². The Morgan fingerprint density at radius 3 is 2.57 bits per heavy atom. The number of carboxylic acids is 1. The molecule has 106 valence electrons. The molecule has 0 spiro atoms. The van der Waals surface area contributed by atoms with Crippen LogP contribution >= 0.6 is 22.9 Å². The van der Waals surface area contributed by atoms with Crippen molar-refractivity contribution in [1.82, 2.24) is 4.57 Å². The van der Waals surface area contributed by atoms with Crippen LogP contribution in [0.2, 0.25) is 5.02 Å². The Hall–Kier alpha value is -2.11. The largest absolute Gasteiger partial charge is 0.480 e. The lowest BCUT2D eigenvalue weighted by Gasteiger charge is -2.06. The van der Waals surface area contributed by atoms with Crippen LogP contribution in [0.4, 0.5) is 0 Å². The van der Waals surface area contributed by atoms with Gasteiger partial charge in [-0.1, -0.05) is 59.3 Å². The molecule has 4 nitrogen and oxygen atoms in total. The highest BCUT2D eigenvalue weighted by molar-refractivity contribution is 7.17. The van der Waals surface area contributed by atoms with Crippen LogP contribution in [0.5, 0.6) is 0 Å². The third-order valence-corrected chi connectivity index (χ3v) is 4.67. The van der Waals surface area contributed by atoms with Gasteiger partial charge in [0.15, 0.2) is 0 Å². The first kappa shape index (κ1) is 13.9. The summed E-state index contributed by atoms with van der Waals surface area (Å²) in [6.07, 6.45) is 0. The maximum absolute atomic E-state index is 11.9. The third kappa shape index (κ3) is 2.46. The Morgan fingerprint density at radius 2 is 1.90 bits per heavy atom. The van der Waals surface area contributed by atoms with Crippen molar-refractivity contribution in [1.29, 1.82) is 0 Å². The zero-order valence-electron chi connectivity index (χ0n) is 10.7. The molecule has 0 saturated heterocycles. The van der Waals surface area contributed by atoms with Crippen LogP contribution in [0, 0.1) is 0 Å². The van der Waals surface area contributed by atoms with Crippen molar-refractivity contribution in [2.75, 3.05) is 0 Å². The van der Waals surface area contributed by atoms with E-state index in [1.165, 1.54) is 4.57 Å². The summed E-state index contributed by atoms with van der Waals surface area (Å²) in [5.41, 5.74) is 2.33. The second-order valence-corrected chi connectivity index (χ2v) is 5.83. The number of nitrogens with zero attached hydrogens (tertiary/aromatic N) is 1. The minimum absolute atomic E-state index is 0.320. The van der Waals surface area contributed by atoms with Gasteiger partial charge in [-0.05, 0) is 11.6 Å². The fourth-order valence-corrected chi connectivity index (χ4v) is 3.54. The van der Waals surface area contributed by atoms with Gasteiger partial charge >= 0.3 is 10.8 Å². The molecule has 0 atom stereocenters. The first-order chi connectivity index (χ1) is 10.1. The number of benzene rings is 2. The molecule has 0 fully saturated rings. The van der Waals surface area contributed by atoms with E-state index in [4.69, 9.17) is 16.7 Å². The average molecular weight is 320 g/mol. The van der Waals surface area contributed by atoms with Gasteiger partial charge in [0.1, 0.15) is 6.54 Å². The molecule has 1 heterocycles. The molecule has 0 unspecified atom stereocenters. The monoisotopic (exact) mass is 319 g/mol. The predicted molar refractivity (Wildman–Crippen MR) is 84.2 cm³/mol. The number of rotatable bonds is 3. The van der Waals surface area contributed by atoms with Gasteiger partial charge in [0.2, 0.25) is 0 Å². The van der Waals surface area contributed by atoms with Crippen molar-refractivity contribution in [3.05, 3.63) is 57.2 Å². The molecule has 2 aromatic carbocycles. The summed E-state index contributed by atoms with van der Waals surface area (Å²) in [7, 11) is 0. The van der Waals surface area contributed by atoms with E-state index >= 15 is 0 Å². The SMILES string of the molecule is O=C(O)Cn1c(=O)sc2c(Cl)c(-c3ccccc3)ccc21. The fraction of sp³-hybridized carbons (Fsp3) is 0.0667. The number of aliphatic carboxylic acids is 1. The highest BCUT2D eigenvalue weighted by atomic mass is 35.5. The molecule has 21 heavy (non-hydrogen) atoms. The highest BCUT2D eigenvalue weighted by Gasteiger charge is 2.15. The summed E-state index contributed by atoms with van der Waals surface area (Å²) in [6, 6.07) is 13.2.